The Morgan fingerprint density at radius 3 is 1.81 bits per heavy atom. The molecule has 107 heavy (non-hydrogen) atoms. The van der Waals surface area contributed by atoms with Crippen molar-refractivity contribution in [2.24, 2.45) is 5.92 Å². The molecule has 0 saturated carbocycles. The number of esters is 1. The van der Waals surface area contributed by atoms with Crippen molar-refractivity contribution < 1.29 is 91.0 Å². The van der Waals surface area contributed by atoms with E-state index in [9.17, 15) is 43.5 Å². The Hall–Kier alpha value is -7.88. The molecule has 1 heterocycles. The number of carbonyl (C=O) groups excluding carboxylic acids is 11. The van der Waals surface area contributed by atoms with Crippen LogP contribution >= 0.6 is 33.3 Å². The summed E-state index contributed by atoms with van der Waals surface area (Å²) in [6, 6.07) is 8.50. The second kappa shape index (κ2) is 45.8. The minimum atomic E-state index is -1.87. The molecule has 596 valence electrons. The Labute approximate surface area is 641 Å². The topological polar surface area (TPSA) is 393 Å². The van der Waals surface area contributed by atoms with Crippen LogP contribution in [0.15, 0.2) is 78.9 Å². The fourth-order valence-electron chi connectivity index (χ4n) is 10.4. The van der Waals surface area contributed by atoms with Crippen LogP contribution in [0.3, 0.4) is 0 Å². The molecule has 1 aliphatic heterocycles. The van der Waals surface area contributed by atoms with Gasteiger partial charge in [0.1, 0.15) is 84.7 Å². The van der Waals surface area contributed by atoms with Gasteiger partial charge in [0, 0.05) is 37.3 Å². The van der Waals surface area contributed by atoms with Crippen LogP contribution < -0.4 is 57.9 Å². The van der Waals surface area contributed by atoms with E-state index in [1.165, 1.54) is 53.7 Å². The molecule has 4 rings (SSSR count). The number of carbonyl (C=O) groups is 11. The monoisotopic (exact) mass is 1550 g/mol. The number of benzene rings is 3. The summed E-state index contributed by atoms with van der Waals surface area (Å²) in [7, 11) is 2.97. The van der Waals surface area contributed by atoms with Gasteiger partial charge >= 0.3 is 12.1 Å². The Morgan fingerprint density at radius 1 is 0.617 bits per heavy atom. The van der Waals surface area contributed by atoms with E-state index in [0.29, 0.717) is 40.4 Å². The molecule has 0 aromatic heterocycles. The lowest BCUT2D eigenvalue weighted by molar-refractivity contribution is -0.151. The zero-order valence-electron chi connectivity index (χ0n) is 64.6. The van der Waals surface area contributed by atoms with Crippen LogP contribution in [0.25, 0.3) is 0 Å². The molecule has 1 aliphatic rings. The highest BCUT2D eigenvalue weighted by atomic mass is 33.1. The van der Waals surface area contributed by atoms with E-state index in [2.05, 4.69) is 53.2 Å². The largest absolute Gasteiger partial charge is 0.508 e. The summed E-state index contributed by atoms with van der Waals surface area (Å²) in [5.74, 6) is -7.12. The van der Waals surface area contributed by atoms with Crippen molar-refractivity contribution in [1.82, 2.24) is 53.2 Å². The molecule has 0 aliphatic carbocycles. The van der Waals surface area contributed by atoms with Crippen molar-refractivity contribution in [3.8, 4) is 11.5 Å². The molecule has 11 N–H and O–H groups in total. The molecule has 32 heteroatoms. The Bertz CT molecular complexity index is 3340. The molecule has 29 nitrogen and oxygen atoms in total. The van der Waals surface area contributed by atoms with Gasteiger partial charge in [-0.25, -0.2) is 9.59 Å². The van der Waals surface area contributed by atoms with Gasteiger partial charge in [-0.05, 0) is 148 Å². The van der Waals surface area contributed by atoms with E-state index in [1.807, 2.05) is 34.6 Å². The minimum absolute atomic E-state index is 0.00439. The first kappa shape index (κ1) is 91.5. The number of thioether (sulfide) groups is 1. The van der Waals surface area contributed by atoms with Crippen molar-refractivity contribution in [3.05, 3.63) is 95.6 Å². The number of phenolic OH excluding ortho intramolecular Hbond substituents is 1. The maximum atomic E-state index is 15.3. The van der Waals surface area contributed by atoms with Gasteiger partial charge in [-0.15, -0.1) is 0 Å². The number of cyclic esters (lactones) is 1. The molecular weight excluding hydrogens is 1440 g/mol. The fourth-order valence-corrected chi connectivity index (χ4v) is 12.7. The number of amides is 10. The first-order valence-electron chi connectivity index (χ1n) is 36.0. The van der Waals surface area contributed by atoms with Crippen molar-refractivity contribution in [2.45, 2.75) is 219 Å². The second-order valence-electron chi connectivity index (χ2n) is 29.0. The highest BCUT2D eigenvalue weighted by Crippen LogP contribution is 2.23. The average Bonchev–Trinajstić information content (AvgIpc) is 0.836. The Morgan fingerprint density at radius 2 is 1.21 bits per heavy atom. The molecule has 0 bridgehead atoms. The van der Waals surface area contributed by atoms with Crippen LogP contribution in [0.4, 0.5) is 4.79 Å². The van der Waals surface area contributed by atoms with Crippen LogP contribution in [0, 0.1) is 5.92 Å². The summed E-state index contributed by atoms with van der Waals surface area (Å²) in [5, 5.41) is 37.4. The lowest BCUT2D eigenvalue weighted by Gasteiger charge is -2.33. The number of hydrogen-bond donors (Lipinski definition) is 11. The molecule has 2 unspecified atom stereocenters. The van der Waals surface area contributed by atoms with E-state index >= 15 is 14.4 Å². The SMILES string of the molecule is CCSSC[C@H](NC(=O)OC(C)C)C(=O)NCCOCCOCC(=O)N[C@@H](Cc1ccc(OC(C)(C)C)cc1)C(=O)N[C@@H](COC(C)(C)C)C(=O)N[C@H](C(=O)N[C@H]1COC(=O)[C@H](CCSC)NC(=O)[C@H](C(C)CC)NC(=O)[C@H](Cc2ccccc2)NC(=O)[C@H](Cc2ccc(O)cc2)NC1=O)C(C)OC(C)(C)C. The highest BCUT2D eigenvalue weighted by molar-refractivity contribution is 8.76. The number of hydrogen-bond acceptors (Lipinski definition) is 22. The summed E-state index contributed by atoms with van der Waals surface area (Å²) in [6.45, 7) is 24.4. The molecule has 10 amide bonds. The maximum absolute atomic E-state index is 15.3. The van der Waals surface area contributed by atoms with Gasteiger partial charge in [0.25, 0.3) is 0 Å². The lowest BCUT2D eigenvalue weighted by atomic mass is 9.96. The second-order valence-corrected chi connectivity index (χ2v) is 32.8. The number of aromatic hydroxyl groups is 1. The van der Waals surface area contributed by atoms with Crippen LogP contribution in [0.2, 0.25) is 0 Å². The number of alkyl carbamates (subject to hydrolysis) is 1. The van der Waals surface area contributed by atoms with Crippen LogP contribution in [-0.4, -0.2) is 223 Å². The normalized spacial score (nSPS) is 18.8. The zero-order chi connectivity index (χ0) is 79.6. The smallest absolute Gasteiger partial charge is 0.408 e. The number of nitrogens with one attached hydrogen (secondary N) is 10. The van der Waals surface area contributed by atoms with Crippen LogP contribution in [0.1, 0.15) is 133 Å². The summed E-state index contributed by atoms with van der Waals surface area (Å²) >= 11 is 1.37. The fraction of sp³-hybridized carbons (Fsp3) is 0.613. The molecule has 1 fully saturated rings. The van der Waals surface area contributed by atoms with Crippen LogP contribution in [0.5, 0.6) is 11.5 Å². The van der Waals surface area contributed by atoms with Crippen molar-refractivity contribution in [3.63, 3.8) is 0 Å². The van der Waals surface area contributed by atoms with Gasteiger partial charge in [-0.3, -0.25) is 43.2 Å². The predicted octanol–water partition coefficient (Wildman–Crippen LogP) is 4.90. The Kier molecular flexibility index (Phi) is 39.2. The number of phenols is 1. The van der Waals surface area contributed by atoms with Gasteiger partial charge in [0.15, 0.2) is 0 Å². The van der Waals surface area contributed by atoms with Crippen molar-refractivity contribution in [1.29, 1.82) is 0 Å². The van der Waals surface area contributed by atoms with Gasteiger partial charge in [0.05, 0.1) is 49.8 Å². The van der Waals surface area contributed by atoms with Gasteiger partial charge in [-0.2, -0.15) is 11.8 Å². The first-order chi connectivity index (χ1) is 50.4. The summed E-state index contributed by atoms with van der Waals surface area (Å²) in [5.41, 5.74) is -0.807. The van der Waals surface area contributed by atoms with E-state index in [-0.39, 0.29) is 63.9 Å². The Balaban J connectivity index is 1.71. The molecule has 0 spiro atoms. The third kappa shape index (κ3) is 35.8. The lowest BCUT2D eigenvalue weighted by Crippen LogP contribution is -2.64. The van der Waals surface area contributed by atoms with Crippen molar-refractivity contribution in [2.75, 3.05) is 69.7 Å². The quantitative estimate of drug-likeness (QED) is 0.0206. The minimum Gasteiger partial charge on any atom is -0.508 e. The van der Waals surface area contributed by atoms with E-state index in [4.69, 9.17) is 33.2 Å². The van der Waals surface area contributed by atoms with Gasteiger partial charge in [0.2, 0.25) is 53.2 Å². The first-order valence-corrected chi connectivity index (χ1v) is 39.9. The third-order valence-corrected chi connectivity index (χ3v) is 19.0. The summed E-state index contributed by atoms with van der Waals surface area (Å²) in [4.78, 5) is 158. The number of rotatable bonds is 38. The predicted molar refractivity (Wildman–Crippen MR) is 411 cm³/mol. The number of ether oxygens (including phenoxy) is 7. The molecule has 11 atom stereocenters. The molecule has 3 aromatic carbocycles. The molecular formula is C75H114N10O19S3. The van der Waals surface area contributed by atoms with Gasteiger partial charge in [-0.1, -0.05) is 103 Å². The van der Waals surface area contributed by atoms with Crippen molar-refractivity contribution >= 4 is 98.6 Å². The highest BCUT2D eigenvalue weighted by Gasteiger charge is 2.40. The zero-order valence-corrected chi connectivity index (χ0v) is 67.0. The standard InChI is InChI=1S/C75H114N10O19S3/c1-17-46(5)61-69(94)78-53(32-37-105-16)71(96)100-41-57(67(92)80-55(40-49-24-28-51(86)29-25-49)65(90)79-56(66(91)84-61)38-48-22-20-19-21-23-48)82-70(95)62(47(6)103-74(10,11)12)85-68(93)58(42-101-73(7,8)9)81-64(89)54(39-50-26-30-52(31-27-50)104-75(13,14)15)77-60(87)43-99-36-35-98-34-33-76-63(88)59(44-107-106-18-2)83-72(97)102-45(3)4/h19-31,45-47,53-59,61-62,86H,17-18,32-44H2,1-16H3,(H,76,88)(H,77,87)(H,78,94)(H,79,90)(H,80,92)(H,81,89)(H,82,95)(H,83,97)(H,84,91)(H,85,93)/t46?,47?,53-,54-,55-,56-,57-,58-,59-,61-,62-/m0/s1. The van der Waals surface area contributed by atoms with Crippen LogP contribution in [-0.2, 0) is 95.6 Å². The van der Waals surface area contributed by atoms with Gasteiger partial charge < -0.3 is 91.4 Å². The summed E-state index contributed by atoms with van der Waals surface area (Å²) in [6.07, 6.45) is -0.545. The average molecular weight is 1560 g/mol. The van der Waals surface area contributed by atoms with E-state index in [0.717, 1.165) is 5.75 Å². The third-order valence-electron chi connectivity index (χ3n) is 15.8. The molecule has 1 saturated heterocycles. The van der Waals surface area contributed by atoms with E-state index in [1.54, 1.807) is 134 Å². The van der Waals surface area contributed by atoms with E-state index < -0.39 is 168 Å². The molecule has 3 aromatic rings. The maximum Gasteiger partial charge on any atom is 0.408 e. The summed E-state index contributed by atoms with van der Waals surface area (Å²) < 4.78 is 40.8. The molecule has 0 radical (unpaired) electrons.